The summed E-state index contributed by atoms with van der Waals surface area (Å²) in [6.45, 7) is 0. The van der Waals surface area contributed by atoms with Crippen molar-refractivity contribution in [1.29, 1.82) is 0 Å². The van der Waals surface area contributed by atoms with Crippen molar-refractivity contribution in [3.05, 3.63) is 60.9 Å². The van der Waals surface area contributed by atoms with Gasteiger partial charge in [0.05, 0.1) is 31.6 Å². The second-order valence-electron chi connectivity index (χ2n) is 5.84. The minimum absolute atomic E-state index is 0.389. The molecule has 0 saturated carbocycles. The lowest BCUT2D eigenvalue weighted by atomic mass is 10.2. The molecule has 0 aliphatic carbocycles. The molecule has 3 heterocycles. The van der Waals surface area contributed by atoms with Gasteiger partial charge in [0.2, 0.25) is 17.7 Å². The average Bonchev–Trinajstić information content (AvgIpc) is 2.74. The molecule has 1 aromatic carbocycles. The molecule has 0 fully saturated rings. The van der Waals surface area contributed by atoms with Crippen molar-refractivity contribution in [2.24, 2.45) is 0 Å². The number of methoxy groups -OCH3 is 2. The first-order chi connectivity index (χ1) is 13.7. The van der Waals surface area contributed by atoms with Gasteiger partial charge in [-0.25, -0.2) is 4.98 Å². The van der Waals surface area contributed by atoms with Gasteiger partial charge in [0.15, 0.2) is 0 Å². The molecule has 8 nitrogen and oxygen atoms in total. The van der Waals surface area contributed by atoms with E-state index in [4.69, 9.17) is 9.47 Å². The molecule has 0 atom stereocenters. The number of para-hydroxylation sites is 1. The Morgan fingerprint density at radius 2 is 1.75 bits per heavy atom. The van der Waals surface area contributed by atoms with Crippen molar-refractivity contribution in [1.82, 2.24) is 19.9 Å². The van der Waals surface area contributed by atoms with E-state index in [1.165, 1.54) is 0 Å². The van der Waals surface area contributed by atoms with Crippen molar-refractivity contribution in [2.75, 3.05) is 24.9 Å². The van der Waals surface area contributed by atoms with Gasteiger partial charge >= 0.3 is 0 Å². The van der Waals surface area contributed by atoms with Crippen LogP contribution in [0.5, 0.6) is 11.8 Å². The van der Waals surface area contributed by atoms with E-state index >= 15 is 0 Å². The summed E-state index contributed by atoms with van der Waals surface area (Å²) in [4.78, 5) is 17.4. The summed E-state index contributed by atoms with van der Waals surface area (Å²) >= 11 is 0. The molecular formula is C20H18N6O2. The summed E-state index contributed by atoms with van der Waals surface area (Å²) in [5.74, 6) is 1.89. The molecule has 28 heavy (non-hydrogen) atoms. The van der Waals surface area contributed by atoms with Crippen molar-refractivity contribution < 1.29 is 9.47 Å². The van der Waals surface area contributed by atoms with Crippen LogP contribution in [0.1, 0.15) is 0 Å². The first-order valence-corrected chi connectivity index (χ1v) is 8.56. The van der Waals surface area contributed by atoms with Crippen LogP contribution < -0.4 is 20.1 Å². The maximum Gasteiger partial charge on any atom is 0.240 e. The van der Waals surface area contributed by atoms with E-state index in [0.29, 0.717) is 29.2 Å². The Kier molecular flexibility index (Phi) is 4.83. The highest BCUT2D eigenvalue weighted by atomic mass is 16.5. The SMILES string of the molecule is COc1ccc(Nc2nccc(Nc3cnc4ccccc4c3)n2)c(OC)n1. The maximum absolute atomic E-state index is 5.29. The number of aromatic nitrogens is 4. The average molecular weight is 374 g/mol. The van der Waals surface area contributed by atoms with E-state index in [2.05, 4.69) is 30.6 Å². The van der Waals surface area contributed by atoms with Gasteiger partial charge in [-0.2, -0.15) is 9.97 Å². The molecule has 8 heteroatoms. The Morgan fingerprint density at radius 1 is 0.857 bits per heavy atom. The fourth-order valence-corrected chi connectivity index (χ4v) is 2.68. The minimum atomic E-state index is 0.389. The Morgan fingerprint density at radius 3 is 2.61 bits per heavy atom. The molecule has 0 radical (unpaired) electrons. The number of benzene rings is 1. The number of rotatable bonds is 6. The topological polar surface area (TPSA) is 94.1 Å². The first kappa shape index (κ1) is 17.5. The van der Waals surface area contributed by atoms with Gasteiger partial charge < -0.3 is 20.1 Å². The van der Waals surface area contributed by atoms with Crippen LogP contribution >= 0.6 is 0 Å². The number of nitrogens with zero attached hydrogens (tertiary/aromatic N) is 4. The number of hydrogen-bond acceptors (Lipinski definition) is 8. The molecule has 3 aromatic heterocycles. The highest BCUT2D eigenvalue weighted by Crippen LogP contribution is 2.27. The van der Waals surface area contributed by atoms with Crippen molar-refractivity contribution in [2.45, 2.75) is 0 Å². The summed E-state index contributed by atoms with van der Waals surface area (Å²) in [6.07, 6.45) is 3.43. The van der Waals surface area contributed by atoms with E-state index in [0.717, 1.165) is 16.6 Å². The van der Waals surface area contributed by atoms with Gasteiger partial charge in [0.25, 0.3) is 0 Å². The van der Waals surface area contributed by atoms with Crippen molar-refractivity contribution in [3.63, 3.8) is 0 Å². The molecule has 0 amide bonds. The fourth-order valence-electron chi connectivity index (χ4n) is 2.68. The zero-order valence-corrected chi connectivity index (χ0v) is 15.4. The second kappa shape index (κ2) is 7.75. The van der Waals surface area contributed by atoms with Crippen LogP contribution in [-0.4, -0.2) is 34.2 Å². The van der Waals surface area contributed by atoms with Crippen molar-refractivity contribution in [3.8, 4) is 11.8 Å². The maximum atomic E-state index is 5.29. The predicted molar refractivity (Wildman–Crippen MR) is 108 cm³/mol. The standard InChI is InChI=1S/C20H18N6O2/c1-27-18-8-7-16(19(26-18)28-2)24-20-21-10-9-17(25-20)23-14-11-13-5-3-4-6-15(13)22-12-14/h3-12H,1-2H3,(H2,21,23,24,25). The Bertz CT molecular complexity index is 1120. The number of pyridine rings is 2. The molecule has 0 unspecified atom stereocenters. The van der Waals surface area contributed by atoms with Gasteiger partial charge in [-0.3, -0.25) is 4.98 Å². The molecule has 4 rings (SSSR count). The van der Waals surface area contributed by atoms with Crippen LogP contribution in [0.25, 0.3) is 10.9 Å². The van der Waals surface area contributed by atoms with Crippen LogP contribution in [-0.2, 0) is 0 Å². The first-order valence-electron chi connectivity index (χ1n) is 8.56. The molecule has 0 spiro atoms. The van der Waals surface area contributed by atoms with Crippen LogP contribution in [0.2, 0.25) is 0 Å². The zero-order chi connectivity index (χ0) is 19.3. The van der Waals surface area contributed by atoms with Gasteiger partial charge in [-0.1, -0.05) is 18.2 Å². The number of hydrogen-bond donors (Lipinski definition) is 2. The fraction of sp³-hybridized carbons (Fsp3) is 0.100. The molecule has 0 bridgehead atoms. The minimum Gasteiger partial charge on any atom is -0.481 e. The van der Waals surface area contributed by atoms with Gasteiger partial charge in [0.1, 0.15) is 11.5 Å². The van der Waals surface area contributed by atoms with Crippen LogP contribution in [0.4, 0.5) is 23.1 Å². The molecule has 0 saturated heterocycles. The lowest BCUT2D eigenvalue weighted by Crippen LogP contribution is -2.03. The molecule has 0 aliphatic rings. The van der Waals surface area contributed by atoms with E-state index in [1.807, 2.05) is 30.3 Å². The molecule has 4 aromatic rings. The summed E-state index contributed by atoms with van der Waals surface area (Å²) in [5, 5.41) is 7.41. The van der Waals surface area contributed by atoms with Crippen LogP contribution in [0.15, 0.2) is 60.9 Å². The highest BCUT2D eigenvalue weighted by molar-refractivity contribution is 5.82. The zero-order valence-electron chi connectivity index (χ0n) is 15.4. The van der Waals surface area contributed by atoms with Gasteiger partial charge in [0, 0.05) is 17.6 Å². The predicted octanol–water partition coefficient (Wildman–Crippen LogP) is 3.92. The lowest BCUT2D eigenvalue weighted by molar-refractivity contribution is 0.366. The quantitative estimate of drug-likeness (QED) is 0.524. The summed E-state index contributed by atoms with van der Waals surface area (Å²) in [6, 6.07) is 15.3. The largest absolute Gasteiger partial charge is 0.481 e. The lowest BCUT2D eigenvalue weighted by Gasteiger charge is -2.11. The third-order valence-corrected chi connectivity index (χ3v) is 4.00. The van der Waals surface area contributed by atoms with E-state index in [-0.39, 0.29) is 0 Å². The Hall–Kier alpha value is -3.94. The van der Waals surface area contributed by atoms with Crippen LogP contribution in [0, 0.1) is 0 Å². The van der Waals surface area contributed by atoms with Gasteiger partial charge in [-0.05, 0) is 24.3 Å². The van der Waals surface area contributed by atoms with Crippen LogP contribution in [0.3, 0.4) is 0 Å². The molecule has 140 valence electrons. The summed E-state index contributed by atoms with van der Waals surface area (Å²) in [7, 11) is 3.09. The Balaban J connectivity index is 1.56. The molecule has 2 N–H and O–H groups in total. The Labute approximate surface area is 161 Å². The molecule has 0 aliphatic heterocycles. The van der Waals surface area contributed by atoms with E-state index in [1.54, 1.807) is 44.8 Å². The third kappa shape index (κ3) is 3.75. The highest BCUT2D eigenvalue weighted by Gasteiger charge is 2.09. The third-order valence-electron chi connectivity index (χ3n) is 4.00. The summed E-state index contributed by atoms with van der Waals surface area (Å²) in [5.41, 5.74) is 2.41. The number of anilines is 4. The number of ether oxygens (including phenoxy) is 2. The number of fused-ring (bicyclic) bond motifs is 1. The second-order valence-corrected chi connectivity index (χ2v) is 5.84. The monoisotopic (exact) mass is 374 g/mol. The van der Waals surface area contributed by atoms with E-state index < -0.39 is 0 Å². The number of nitrogens with one attached hydrogen (secondary N) is 2. The smallest absolute Gasteiger partial charge is 0.240 e. The van der Waals surface area contributed by atoms with Gasteiger partial charge in [-0.15, -0.1) is 0 Å². The van der Waals surface area contributed by atoms with E-state index in [9.17, 15) is 0 Å². The van der Waals surface area contributed by atoms with Crippen molar-refractivity contribution >= 4 is 34.0 Å². The normalized spacial score (nSPS) is 10.5. The molecular weight excluding hydrogens is 356 g/mol. The summed E-state index contributed by atoms with van der Waals surface area (Å²) < 4.78 is 10.4.